The van der Waals surface area contributed by atoms with Gasteiger partial charge in [-0.3, -0.25) is 0 Å². The van der Waals surface area contributed by atoms with E-state index in [1.807, 2.05) is 37.3 Å². The van der Waals surface area contributed by atoms with Gasteiger partial charge < -0.3 is 4.74 Å². The van der Waals surface area contributed by atoms with Gasteiger partial charge in [-0.2, -0.15) is 0 Å². The molecule has 0 radical (unpaired) electrons. The molecule has 0 amide bonds. The minimum atomic E-state index is 0.350. The number of hydrogen-bond donors (Lipinski definition) is 0. The molecule has 0 aliphatic carbocycles. The molecule has 0 unspecified atom stereocenters. The first-order valence-corrected chi connectivity index (χ1v) is 8.45. The summed E-state index contributed by atoms with van der Waals surface area (Å²) in [5, 5.41) is 0.784. The molecule has 0 atom stereocenters. The summed E-state index contributed by atoms with van der Waals surface area (Å²) in [5.41, 5.74) is 3.15. The number of hydrogen-bond acceptors (Lipinski definition) is 1. The van der Waals surface area contributed by atoms with Gasteiger partial charge in [0, 0.05) is 10.9 Å². The van der Waals surface area contributed by atoms with Crippen LogP contribution in [0.15, 0.2) is 34.8 Å². The Morgan fingerprint density at radius 3 is 2.43 bits per heavy atom. The molecule has 2 aromatic carbocycles. The lowest BCUT2D eigenvalue weighted by Gasteiger charge is -2.15. The fourth-order valence-electron chi connectivity index (χ4n) is 2.05. The van der Waals surface area contributed by atoms with Crippen LogP contribution in [0.2, 0.25) is 5.02 Å². The van der Waals surface area contributed by atoms with Gasteiger partial charge in [0.2, 0.25) is 0 Å². The second-order valence-corrected chi connectivity index (χ2v) is 6.82. The van der Waals surface area contributed by atoms with Crippen LogP contribution in [0.3, 0.4) is 0 Å². The third-order valence-electron chi connectivity index (χ3n) is 3.29. The lowest BCUT2D eigenvalue weighted by atomic mass is 10.0. The van der Waals surface area contributed by atoms with Crippen molar-refractivity contribution in [3.05, 3.63) is 56.5 Å². The van der Waals surface area contributed by atoms with E-state index >= 15 is 0 Å². The second kappa shape index (κ2) is 7.04. The van der Waals surface area contributed by atoms with E-state index < -0.39 is 0 Å². The van der Waals surface area contributed by atoms with E-state index in [0.29, 0.717) is 11.8 Å². The van der Waals surface area contributed by atoms with Crippen LogP contribution in [-0.4, -0.2) is 0 Å². The van der Waals surface area contributed by atoms with Gasteiger partial charge in [-0.1, -0.05) is 31.5 Å². The first kappa shape index (κ1) is 16.7. The maximum Gasteiger partial charge on any atom is 0.141 e. The number of alkyl halides is 1. The number of halogens is 3. The molecule has 2 rings (SSSR count). The van der Waals surface area contributed by atoms with Gasteiger partial charge in [-0.05, 0) is 69.7 Å². The molecule has 2 aromatic rings. The summed E-state index contributed by atoms with van der Waals surface area (Å²) in [6.45, 7) is 6.23. The van der Waals surface area contributed by atoms with Gasteiger partial charge in [0.05, 0.1) is 4.47 Å². The highest BCUT2D eigenvalue weighted by molar-refractivity contribution is 9.10. The third-order valence-corrected chi connectivity index (χ3v) is 4.54. The zero-order valence-corrected chi connectivity index (χ0v) is 15.3. The molecule has 0 heterocycles. The first-order chi connectivity index (χ1) is 9.92. The molecule has 0 saturated carbocycles. The predicted molar refractivity (Wildman–Crippen MR) is 94.1 cm³/mol. The number of benzene rings is 2. The van der Waals surface area contributed by atoms with Crippen LogP contribution in [0.5, 0.6) is 11.5 Å². The van der Waals surface area contributed by atoms with Crippen molar-refractivity contribution >= 4 is 39.1 Å². The van der Waals surface area contributed by atoms with E-state index in [-0.39, 0.29) is 0 Å². The van der Waals surface area contributed by atoms with Crippen molar-refractivity contribution in [2.24, 2.45) is 0 Å². The predicted octanol–water partition coefficient (Wildman–Crippen LogP) is 7.07. The maximum absolute atomic E-state index is 6.29. The molecule has 0 N–H and O–H groups in total. The summed E-state index contributed by atoms with van der Waals surface area (Å²) in [6.07, 6.45) is 0. The molecule has 1 nitrogen and oxygen atoms in total. The van der Waals surface area contributed by atoms with Crippen molar-refractivity contribution in [3.63, 3.8) is 0 Å². The van der Waals surface area contributed by atoms with Crippen LogP contribution in [0, 0.1) is 6.92 Å². The van der Waals surface area contributed by atoms with E-state index in [0.717, 1.165) is 37.7 Å². The summed E-state index contributed by atoms with van der Waals surface area (Å²) in [7, 11) is 0. The monoisotopic (exact) mass is 386 g/mol. The van der Waals surface area contributed by atoms with Gasteiger partial charge in [0.15, 0.2) is 0 Å². The lowest BCUT2D eigenvalue weighted by molar-refractivity contribution is 0.474. The number of aryl methyl sites for hydroxylation is 1. The molecule has 21 heavy (non-hydrogen) atoms. The number of rotatable bonds is 4. The van der Waals surface area contributed by atoms with Crippen molar-refractivity contribution < 1.29 is 4.74 Å². The van der Waals surface area contributed by atoms with E-state index in [1.54, 1.807) is 0 Å². The Kier molecular flexibility index (Phi) is 5.59. The van der Waals surface area contributed by atoms with Crippen LogP contribution in [0.4, 0.5) is 0 Å². The Morgan fingerprint density at radius 2 is 1.86 bits per heavy atom. The normalized spacial score (nSPS) is 11.0. The summed E-state index contributed by atoms with van der Waals surface area (Å²) in [4.78, 5) is 0. The Bertz CT molecular complexity index is 653. The summed E-state index contributed by atoms with van der Waals surface area (Å²) >= 11 is 15.6. The molecule has 4 heteroatoms. The molecule has 0 fully saturated rings. The second-order valence-electron chi connectivity index (χ2n) is 5.29. The molecule has 0 aromatic heterocycles. The Hall–Kier alpha value is -0.700. The van der Waals surface area contributed by atoms with Crippen LogP contribution in [0.25, 0.3) is 0 Å². The molecule has 0 aliphatic rings. The SMILES string of the molecule is Cc1cc(Cl)c(C(C)C)cc1Oc1ccc(CCl)cc1Br. The summed E-state index contributed by atoms with van der Waals surface area (Å²) < 4.78 is 6.93. The van der Waals surface area contributed by atoms with Gasteiger partial charge >= 0.3 is 0 Å². The Labute approximate surface area is 144 Å². The van der Waals surface area contributed by atoms with Gasteiger partial charge in [-0.15, -0.1) is 11.6 Å². The lowest BCUT2D eigenvalue weighted by Crippen LogP contribution is -1.95. The summed E-state index contributed by atoms with van der Waals surface area (Å²) in [6, 6.07) is 9.82. The van der Waals surface area contributed by atoms with E-state index in [2.05, 4.69) is 29.8 Å². The molecule has 0 spiro atoms. The van der Waals surface area contributed by atoms with E-state index in [4.69, 9.17) is 27.9 Å². The quantitative estimate of drug-likeness (QED) is 0.510. The smallest absolute Gasteiger partial charge is 0.141 e. The van der Waals surface area contributed by atoms with Gasteiger partial charge in [0.25, 0.3) is 0 Å². The number of ether oxygens (including phenoxy) is 1. The van der Waals surface area contributed by atoms with E-state index in [9.17, 15) is 0 Å². The highest BCUT2D eigenvalue weighted by atomic mass is 79.9. The van der Waals surface area contributed by atoms with Crippen LogP contribution in [0.1, 0.15) is 36.5 Å². The molecule has 0 bridgehead atoms. The van der Waals surface area contributed by atoms with Crippen molar-refractivity contribution in [3.8, 4) is 11.5 Å². The minimum absolute atomic E-state index is 0.350. The van der Waals surface area contributed by atoms with Crippen LogP contribution < -0.4 is 4.74 Å². The van der Waals surface area contributed by atoms with Crippen molar-refractivity contribution in [2.75, 3.05) is 0 Å². The Balaban J connectivity index is 2.37. The van der Waals surface area contributed by atoms with E-state index in [1.165, 1.54) is 0 Å². The largest absolute Gasteiger partial charge is 0.456 e. The van der Waals surface area contributed by atoms with Gasteiger partial charge in [0.1, 0.15) is 11.5 Å². The van der Waals surface area contributed by atoms with Crippen LogP contribution >= 0.6 is 39.1 Å². The maximum atomic E-state index is 6.29. The molecular weight excluding hydrogens is 371 g/mol. The Morgan fingerprint density at radius 1 is 1.14 bits per heavy atom. The average molecular weight is 388 g/mol. The summed E-state index contributed by atoms with van der Waals surface area (Å²) in [5.74, 6) is 2.42. The van der Waals surface area contributed by atoms with Crippen LogP contribution in [-0.2, 0) is 5.88 Å². The van der Waals surface area contributed by atoms with Crippen molar-refractivity contribution in [1.82, 2.24) is 0 Å². The zero-order chi connectivity index (χ0) is 15.6. The molecular formula is C17H17BrCl2O. The average Bonchev–Trinajstić information content (AvgIpc) is 2.43. The topological polar surface area (TPSA) is 9.23 Å². The van der Waals surface area contributed by atoms with Crippen molar-refractivity contribution in [2.45, 2.75) is 32.6 Å². The fourth-order valence-corrected chi connectivity index (χ4v) is 3.16. The minimum Gasteiger partial charge on any atom is -0.456 e. The third kappa shape index (κ3) is 3.94. The van der Waals surface area contributed by atoms with Gasteiger partial charge in [-0.25, -0.2) is 0 Å². The van der Waals surface area contributed by atoms with Crippen molar-refractivity contribution in [1.29, 1.82) is 0 Å². The molecule has 0 saturated heterocycles. The molecule has 112 valence electrons. The highest BCUT2D eigenvalue weighted by Crippen LogP contribution is 2.36. The molecule has 0 aliphatic heterocycles. The standard InChI is InChI=1S/C17H17BrCl2O/c1-10(2)13-8-17(11(3)6-15(13)20)21-16-5-4-12(9-19)7-14(16)18/h4-8,10H,9H2,1-3H3. The highest BCUT2D eigenvalue weighted by Gasteiger charge is 2.12. The first-order valence-electron chi connectivity index (χ1n) is 6.74. The zero-order valence-electron chi connectivity index (χ0n) is 12.2. The fraction of sp³-hybridized carbons (Fsp3) is 0.294.